The van der Waals surface area contributed by atoms with Gasteiger partial charge in [0.2, 0.25) is 5.89 Å². The van der Waals surface area contributed by atoms with E-state index >= 15 is 0 Å². The summed E-state index contributed by atoms with van der Waals surface area (Å²) in [7, 11) is 0. The average molecular weight is 348 g/mol. The first-order chi connectivity index (χ1) is 9.60. The highest BCUT2D eigenvalue weighted by Gasteiger charge is 2.19. The third-order valence-electron chi connectivity index (χ3n) is 3.22. The molecule has 0 saturated carbocycles. The molecule has 0 bridgehead atoms. The molecule has 0 spiro atoms. The zero-order valence-electron chi connectivity index (χ0n) is 12.0. The highest BCUT2D eigenvalue weighted by molar-refractivity contribution is 7.98. The lowest BCUT2D eigenvalue weighted by Crippen LogP contribution is -2.18. The summed E-state index contributed by atoms with van der Waals surface area (Å²) >= 11 is 7.43. The Balaban J connectivity index is 0.00000220. The smallest absolute Gasteiger partial charge is 0.276 e. The van der Waals surface area contributed by atoms with Gasteiger partial charge < -0.3 is 10.2 Å². The quantitative estimate of drug-likeness (QED) is 0.780. The molecule has 7 heteroatoms. The summed E-state index contributed by atoms with van der Waals surface area (Å²) in [5, 5.41) is 9.32. The van der Waals surface area contributed by atoms with Gasteiger partial charge in [0.25, 0.3) is 5.22 Å². The minimum atomic E-state index is -0.201. The molecule has 4 nitrogen and oxygen atoms in total. The van der Waals surface area contributed by atoms with Gasteiger partial charge >= 0.3 is 0 Å². The van der Waals surface area contributed by atoms with Gasteiger partial charge in [-0.3, -0.25) is 0 Å². The fourth-order valence-corrected chi connectivity index (χ4v) is 2.61. The molecule has 1 heterocycles. The Morgan fingerprint density at radius 1 is 1.38 bits per heavy atom. The molecule has 2 aromatic rings. The Labute approximate surface area is 140 Å². The number of rotatable bonds is 6. The van der Waals surface area contributed by atoms with Crippen molar-refractivity contribution >= 4 is 35.8 Å². The maximum atomic E-state index is 6.07. The van der Waals surface area contributed by atoms with E-state index < -0.39 is 0 Å². The minimum absolute atomic E-state index is 0. The normalized spacial score (nSPS) is 13.5. The van der Waals surface area contributed by atoms with Gasteiger partial charge in [0.1, 0.15) is 0 Å². The lowest BCUT2D eigenvalue weighted by molar-refractivity contribution is 0.333. The average Bonchev–Trinajstić information content (AvgIpc) is 2.92. The van der Waals surface area contributed by atoms with Crippen molar-refractivity contribution in [2.45, 2.75) is 37.3 Å². The van der Waals surface area contributed by atoms with Crippen LogP contribution in [0.1, 0.15) is 37.8 Å². The van der Waals surface area contributed by atoms with E-state index in [9.17, 15) is 0 Å². The summed E-state index contributed by atoms with van der Waals surface area (Å²) in [6.45, 7) is 4.17. The van der Waals surface area contributed by atoms with Crippen molar-refractivity contribution in [3.63, 3.8) is 0 Å². The van der Waals surface area contributed by atoms with Crippen molar-refractivity contribution in [3.05, 3.63) is 40.7 Å². The minimum Gasteiger partial charge on any atom is -0.414 e. The molecule has 0 aliphatic heterocycles. The summed E-state index contributed by atoms with van der Waals surface area (Å²) in [6.07, 6.45) is 0.981. The van der Waals surface area contributed by atoms with E-state index in [1.165, 1.54) is 11.8 Å². The number of benzene rings is 1. The number of halogens is 2. The molecular weight excluding hydrogens is 329 g/mol. The van der Waals surface area contributed by atoms with Gasteiger partial charge in [-0.15, -0.1) is 22.6 Å². The molecule has 2 rings (SSSR count). The van der Waals surface area contributed by atoms with Gasteiger partial charge in [0, 0.05) is 10.8 Å². The number of thioether (sulfide) groups is 1. The van der Waals surface area contributed by atoms with Crippen LogP contribution in [0.4, 0.5) is 0 Å². The van der Waals surface area contributed by atoms with Crippen LogP contribution >= 0.6 is 35.8 Å². The summed E-state index contributed by atoms with van der Waals surface area (Å²) in [4.78, 5) is 0. The first kappa shape index (κ1) is 18.3. The van der Waals surface area contributed by atoms with Gasteiger partial charge in [-0.1, -0.05) is 55.8 Å². The summed E-state index contributed by atoms with van der Waals surface area (Å²) in [6, 6.07) is 7.52. The highest BCUT2D eigenvalue weighted by atomic mass is 35.5. The third kappa shape index (κ3) is 5.18. The van der Waals surface area contributed by atoms with Crippen molar-refractivity contribution in [1.82, 2.24) is 10.2 Å². The Hall–Kier alpha value is -0.750. The van der Waals surface area contributed by atoms with Crippen LogP contribution in [0, 0.1) is 5.92 Å². The molecule has 1 aromatic carbocycles. The van der Waals surface area contributed by atoms with Crippen molar-refractivity contribution in [2.75, 3.05) is 0 Å². The van der Waals surface area contributed by atoms with Crippen molar-refractivity contribution in [3.8, 4) is 0 Å². The zero-order valence-corrected chi connectivity index (χ0v) is 14.3. The summed E-state index contributed by atoms with van der Waals surface area (Å²) in [5.41, 5.74) is 7.19. The van der Waals surface area contributed by atoms with E-state index in [1.54, 1.807) is 0 Å². The van der Waals surface area contributed by atoms with Gasteiger partial charge in [0.05, 0.1) is 6.04 Å². The van der Waals surface area contributed by atoms with Crippen LogP contribution in [-0.2, 0) is 5.75 Å². The second-order valence-corrected chi connectivity index (χ2v) is 6.10. The van der Waals surface area contributed by atoms with Crippen LogP contribution < -0.4 is 5.73 Å². The lowest BCUT2D eigenvalue weighted by Gasteiger charge is -2.13. The molecule has 0 fully saturated rings. The van der Waals surface area contributed by atoms with E-state index in [1.807, 2.05) is 24.3 Å². The molecule has 0 aliphatic rings. The first-order valence-electron chi connectivity index (χ1n) is 6.56. The van der Waals surface area contributed by atoms with Gasteiger partial charge in [0.15, 0.2) is 0 Å². The van der Waals surface area contributed by atoms with E-state index in [0.29, 0.717) is 17.0 Å². The molecule has 0 radical (unpaired) electrons. The molecule has 0 saturated heterocycles. The lowest BCUT2D eigenvalue weighted by atomic mass is 10.0. The van der Waals surface area contributed by atoms with E-state index in [4.69, 9.17) is 21.8 Å². The molecule has 0 aliphatic carbocycles. The second-order valence-electron chi connectivity index (χ2n) is 4.74. The van der Waals surface area contributed by atoms with E-state index in [2.05, 4.69) is 24.0 Å². The number of hydrogen-bond donors (Lipinski definition) is 1. The van der Waals surface area contributed by atoms with Gasteiger partial charge in [-0.05, 0) is 23.6 Å². The number of nitrogens with two attached hydrogens (primary N) is 1. The van der Waals surface area contributed by atoms with Crippen LogP contribution in [0.5, 0.6) is 0 Å². The van der Waals surface area contributed by atoms with Gasteiger partial charge in [-0.2, -0.15) is 0 Å². The van der Waals surface area contributed by atoms with Crippen LogP contribution in [-0.4, -0.2) is 10.2 Å². The standard InChI is InChI=1S/C14H18ClN3OS.ClH/c1-3-9(2)12(16)13-17-18-14(19-13)20-8-10-5-4-6-11(15)7-10;/h4-7,9,12H,3,8,16H2,1-2H3;1H. The van der Waals surface area contributed by atoms with Crippen molar-refractivity contribution in [1.29, 1.82) is 0 Å². The topological polar surface area (TPSA) is 64.9 Å². The Kier molecular flexibility index (Phi) is 7.52. The number of nitrogens with zero attached hydrogens (tertiary/aromatic N) is 2. The fraction of sp³-hybridized carbons (Fsp3) is 0.429. The predicted octanol–water partition coefficient (Wildman–Crippen LogP) is 4.48. The summed E-state index contributed by atoms with van der Waals surface area (Å²) < 4.78 is 5.60. The zero-order chi connectivity index (χ0) is 14.5. The Bertz CT molecular complexity index is 565. The maximum Gasteiger partial charge on any atom is 0.276 e. The molecule has 2 N–H and O–H groups in total. The molecule has 21 heavy (non-hydrogen) atoms. The predicted molar refractivity (Wildman–Crippen MR) is 88.9 cm³/mol. The second kappa shape index (κ2) is 8.63. The highest BCUT2D eigenvalue weighted by Crippen LogP contribution is 2.26. The Morgan fingerprint density at radius 2 is 2.14 bits per heavy atom. The molecule has 2 unspecified atom stereocenters. The van der Waals surface area contributed by atoms with E-state index in [0.717, 1.165) is 22.8 Å². The molecule has 1 aromatic heterocycles. The van der Waals surface area contributed by atoms with Crippen LogP contribution in [0.2, 0.25) is 5.02 Å². The van der Waals surface area contributed by atoms with Crippen molar-refractivity contribution < 1.29 is 4.42 Å². The monoisotopic (exact) mass is 347 g/mol. The largest absolute Gasteiger partial charge is 0.414 e. The molecule has 2 atom stereocenters. The SMILES string of the molecule is CCC(C)C(N)c1nnc(SCc2cccc(Cl)c2)o1.Cl. The third-order valence-corrected chi connectivity index (χ3v) is 4.34. The molecule has 116 valence electrons. The maximum absolute atomic E-state index is 6.07. The van der Waals surface area contributed by atoms with Gasteiger partial charge in [-0.25, -0.2) is 0 Å². The van der Waals surface area contributed by atoms with Crippen molar-refractivity contribution in [2.24, 2.45) is 11.7 Å². The van der Waals surface area contributed by atoms with E-state index in [-0.39, 0.29) is 18.4 Å². The molecular formula is C14H19Cl2N3OS. The fourth-order valence-electron chi connectivity index (χ4n) is 1.68. The number of aromatic nitrogens is 2. The first-order valence-corrected chi connectivity index (χ1v) is 7.92. The molecule has 0 amide bonds. The number of hydrogen-bond acceptors (Lipinski definition) is 5. The van der Waals surface area contributed by atoms with Crippen LogP contribution in [0.15, 0.2) is 33.9 Å². The van der Waals surface area contributed by atoms with Crippen LogP contribution in [0.3, 0.4) is 0 Å². The van der Waals surface area contributed by atoms with Crippen LogP contribution in [0.25, 0.3) is 0 Å². The Morgan fingerprint density at radius 3 is 2.81 bits per heavy atom. The summed E-state index contributed by atoms with van der Waals surface area (Å²) in [5.74, 6) is 1.56.